The van der Waals surface area contributed by atoms with Crippen molar-refractivity contribution < 1.29 is 9.47 Å². The van der Waals surface area contributed by atoms with Gasteiger partial charge in [-0.1, -0.05) is 0 Å². The number of nitrogens with zero attached hydrogens (tertiary/aromatic N) is 3. The summed E-state index contributed by atoms with van der Waals surface area (Å²) in [5, 5.41) is 0. The SMILES string of the molecule is c1cnc2c(c1)nc(CC1CCCOC1)n2C1CCCOC1. The minimum atomic E-state index is 0.369. The van der Waals surface area contributed by atoms with Gasteiger partial charge in [-0.3, -0.25) is 0 Å². The number of imidazole rings is 1. The summed E-state index contributed by atoms with van der Waals surface area (Å²) in [7, 11) is 0. The highest BCUT2D eigenvalue weighted by Gasteiger charge is 2.25. The van der Waals surface area contributed by atoms with E-state index in [0.29, 0.717) is 12.0 Å². The van der Waals surface area contributed by atoms with Gasteiger partial charge in [-0.05, 0) is 43.7 Å². The second-order valence-electron chi connectivity index (χ2n) is 6.40. The molecule has 0 spiro atoms. The minimum absolute atomic E-state index is 0.369. The molecule has 2 atom stereocenters. The van der Waals surface area contributed by atoms with Crippen molar-refractivity contribution in [2.45, 2.75) is 38.1 Å². The molecule has 2 unspecified atom stereocenters. The number of rotatable bonds is 3. The molecule has 2 aromatic heterocycles. The molecule has 118 valence electrons. The maximum Gasteiger partial charge on any atom is 0.160 e. The maximum atomic E-state index is 5.70. The van der Waals surface area contributed by atoms with Crippen LogP contribution in [0.3, 0.4) is 0 Å². The molecule has 2 aromatic rings. The van der Waals surface area contributed by atoms with Gasteiger partial charge in [0.2, 0.25) is 0 Å². The summed E-state index contributed by atoms with van der Waals surface area (Å²) in [6, 6.07) is 4.39. The molecule has 2 aliphatic rings. The number of aromatic nitrogens is 3. The summed E-state index contributed by atoms with van der Waals surface area (Å²) < 4.78 is 13.7. The normalized spacial score (nSPS) is 26.4. The summed E-state index contributed by atoms with van der Waals surface area (Å²) in [4.78, 5) is 9.46. The molecule has 5 heteroatoms. The Morgan fingerprint density at radius 1 is 1.14 bits per heavy atom. The molecule has 2 aliphatic heterocycles. The lowest BCUT2D eigenvalue weighted by Gasteiger charge is -2.27. The van der Waals surface area contributed by atoms with Crippen molar-refractivity contribution in [1.82, 2.24) is 14.5 Å². The van der Waals surface area contributed by atoms with Gasteiger partial charge in [0, 0.05) is 32.4 Å². The largest absolute Gasteiger partial charge is 0.381 e. The third-order valence-electron chi connectivity index (χ3n) is 4.75. The van der Waals surface area contributed by atoms with Crippen LogP contribution in [0.2, 0.25) is 0 Å². The lowest BCUT2D eigenvalue weighted by molar-refractivity contribution is 0.0494. The number of hydrogen-bond donors (Lipinski definition) is 0. The average molecular weight is 301 g/mol. The van der Waals surface area contributed by atoms with Gasteiger partial charge in [0.05, 0.1) is 12.6 Å². The number of pyridine rings is 1. The van der Waals surface area contributed by atoms with E-state index in [2.05, 4.69) is 15.6 Å². The molecule has 0 radical (unpaired) electrons. The molecular formula is C17H23N3O2. The van der Waals surface area contributed by atoms with Crippen LogP contribution in [0.15, 0.2) is 18.3 Å². The maximum absolute atomic E-state index is 5.70. The highest BCUT2D eigenvalue weighted by Crippen LogP contribution is 2.28. The van der Waals surface area contributed by atoms with Crippen LogP contribution in [0.5, 0.6) is 0 Å². The van der Waals surface area contributed by atoms with E-state index >= 15 is 0 Å². The molecule has 22 heavy (non-hydrogen) atoms. The van der Waals surface area contributed by atoms with Gasteiger partial charge in [0.1, 0.15) is 11.3 Å². The lowest BCUT2D eigenvalue weighted by atomic mass is 9.98. The summed E-state index contributed by atoms with van der Waals surface area (Å²) in [5.74, 6) is 1.73. The first-order valence-electron chi connectivity index (χ1n) is 8.39. The molecular weight excluding hydrogens is 278 g/mol. The second-order valence-corrected chi connectivity index (χ2v) is 6.40. The minimum Gasteiger partial charge on any atom is -0.381 e. The first-order valence-corrected chi connectivity index (χ1v) is 8.39. The van der Waals surface area contributed by atoms with Gasteiger partial charge < -0.3 is 14.0 Å². The van der Waals surface area contributed by atoms with Gasteiger partial charge in [-0.15, -0.1) is 0 Å². The van der Waals surface area contributed by atoms with Gasteiger partial charge in [0.25, 0.3) is 0 Å². The summed E-state index contributed by atoms with van der Waals surface area (Å²) >= 11 is 0. The molecule has 0 aromatic carbocycles. The summed E-state index contributed by atoms with van der Waals surface area (Å²) in [6.07, 6.45) is 7.50. The molecule has 0 saturated carbocycles. The first kappa shape index (κ1) is 14.2. The molecule has 4 heterocycles. The number of ether oxygens (including phenoxy) is 2. The van der Waals surface area contributed by atoms with E-state index in [-0.39, 0.29) is 0 Å². The topological polar surface area (TPSA) is 49.2 Å². The Balaban J connectivity index is 1.68. The van der Waals surface area contributed by atoms with Crippen LogP contribution in [0, 0.1) is 5.92 Å². The third kappa shape index (κ3) is 2.75. The Labute approximate surface area is 130 Å². The third-order valence-corrected chi connectivity index (χ3v) is 4.75. The molecule has 5 nitrogen and oxygen atoms in total. The van der Waals surface area contributed by atoms with Crippen LogP contribution >= 0.6 is 0 Å². The lowest BCUT2D eigenvalue weighted by Crippen LogP contribution is -2.26. The van der Waals surface area contributed by atoms with E-state index in [4.69, 9.17) is 14.5 Å². The van der Waals surface area contributed by atoms with Crippen LogP contribution in [-0.2, 0) is 15.9 Å². The van der Waals surface area contributed by atoms with Crippen molar-refractivity contribution in [3.05, 3.63) is 24.2 Å². The molecule has 0 amide bonds. The van der Waals surface area contributed by atoms with Gasteiger partial charge in [-0.25, -0.2) is 9.97 Å². The smallest absolute Gasteiger partial charge is 0.160 e. The molecule has 2 fully saturated rings. The van der Waals surface area contributed by atoms with Crippen molar-refractivity contribution >= 4 is 11.2 Å². The van der Waals surface area contributed by atoms with Crippen molar-refractivity contribution in [1.29, 1.82) is 0 Å². The molecule has 2 saturated heterocycles. The molecule has 4 rings (SSSR count). The zero-order chi connectivity index (χ0) is 14.8. The van der Waals surface area contributed by atoms with Gasteiger partial charge in [-0.2, -0.15) is 0 Å². The van der Waals surface area contributed by atoms with E-state index in [1.54, 1.807) is 0 Å². The Morgan fingerprint density at radius 3 is 2.77 bits per heavy atom. The molecule has 0 aliphatic carbocycles. The van der Waals surface area contributed by atoms with E-state index < -0.39 is 0 Å². The Hall–Kier alpha value is -1.46. The Kier molecular flexibility index (Phi) is 4.08. The second kappa shape index (κ2) is 6.34. The predicted molar refractivity (Wildman–Crippen MR) is 83.9 cm³/mol. The zero-order valence-electron chi connectivity index (χ0n) is 12.9. The number of hydrogen-bond acceptors (Lipinski definition) is 4. The molecule has 0 bridgehead atoms. The van der Waals surface area contributed by atoms with Crippen LogP contribution in [0.4, 0.5) is 0 Å². The average Bonchev–Trinajstić information content (AvgIpc) is 2.94. The van der Waals surface area contributed by atoms with Crippen molar-refractivity contribution in [2.24, 2.45) is 5.92 Å². The summed E-state index contributed by atoms with van der Waals surface area (Å²) in [5.41, 5.74) is 2.00. The predicted octanol–water partition coefficient (Wildman–Crippen LogP) is 2.75. The van der Waals surface area contributed by atoms with Crippen molar-refractivity contribution in [3.63, 3.8) is 0 Å². The quantitative estimate of drug-likeness (QED) is 0.874. The fraction of sp³-hybridized carbons (Fsp3) is 0.647. The van der Waals surface area contributed by atoms with E-state index in [0.717, 1.165) is 69.1 Å². The van der Waals surface area contributed by atoms with Gasteiger partial charge in [0.15, 0.2) is 5.65 Å². The zero-order valence-corrected chi connectivity index (χ0v) is 12.9. The highest BCUT2D eigenvalue weighted by atomic mass is 16.5. The van der Waals surface area contributed by atoms with Crippen molar-refractivity contribution in [3.8, 4) is 0 Å². The van der Waals surface area contributed by atoms with Crippen LogP contribution in [0.25, 0.3) is 11.2 Å². The van der Waals surface area contributed by atoms with Gasteiger partial charge >= 0.3 is 0 Å². The van der Waals surface area contributed by atoms with E-state index in [1.807, 2.05) is 12.3 Å². The Bertz CT molecular complexity index is 628. The van der Waals surface area contributed by atoms with Crippen LogP contribution < -0.4 is 0 Å². The van der Waals surface area contributed by atoms with E-state index in [9.17, 15) is 0 Å². The summed E-state index contributed by atoms with van der Waals surface area (Å²) in [6.45, 7) is 3.42. The fourth-order valence-electron chi connectivity index (χ4n) is 3.66. The highest BCUT2D eigenvalue weighted by molar-refractivity contribution is 5.71. The van der Waals surface area contributed by atoms with Crippen LogP contribution in [-0.4, -0.2) is 41.0 Å². The first-order chi connectivity index (χ1) is 10.9. The fourth-order valence-corrected chi connectivity index (χ4v) is 3.66. The van der Waals surface area contributed by atoms with Crippen molar-refractivity contribution in [2.75, 3.05) is 26.4 Å². The van der Waals surface area contributed by atoms with Crippen LogP contribution in [0.1, 0.15) is 37.5 Å². The molecule has 0 N–H and O–H groups in total. The standard InChI is InChI=1S/C17H23N3O2/c1-6-15-17(18-7-1)20(14-5-3-9-22-12-14)16(19-15)10-13-4-2-8-21-11-13/h1,6-7,13-14H,2-5,8-12H2. The van der Waals surface area contributed by atoms with E-state index in [1.165, 1.54) is 6.42 Å². The monoisotopic (exact) mass is 301 g/mol. The number of fused-ring (bicyclic) bond motifs is 1. The Morgan fingerprint density at radius 2 is 2.00 bits per heavy atom.